The Kier molecular flexibility index (Phi) is 31.4. The molecule has 4 aromatic heterocycles. The van der Waals surface area contributed by atoms with Gasteiger partial charge in [-0.15, -0.1) is 43.1 Å². The number of nitrogen functional groups attached to an aromatic ring is 1. The standard InChI is InChI=1S/C30H27ClN6O3S.C19H17ClN4O2S.C17H21NO4.C11H10BrNO2.C11H12N2O2.C8H5BrOS.C3H7NO.CH4/c1-15-16(2)41-30-26(15)27(18-4-6-20(31)7-5-18)34-24(28-36-35-17(3)37(28)30)11-25(38)32-21-8-9-23-19(10-21)12-40-29(23)33-22-13-39-14-22;1-9-10(2)27-19-16(9)17(12-4-6-13(20)7-5-12)21-14(8-15(25)26)18-23-22-11(3)24(18)19;1-17(2,3)22-15(19)7-11-4-5-14-12(6-11)8-21-16(14)18-13-9-20-10-13;2*12-8-1-2-10-7(3-8)4-15-11(10)13-9-5-14-6-9;9-6-1-2-7-5(3-6)4-10-8(7)11;4-3-1-5-2-3;/h4-10,22,24H,11-14H2,1-3H3,(H,32,38);4-7,14H,8H2,1-3H3,(H,25,26);4-6,13H,7-10H2,1-3H3;1-3,9H,4-6H2;1-3,9H,4-6,12H2;1-3H,4H2;3H,1-2,4H2;1H4/t24-;14-;;;;;;/m00....../s1. The third-order valence-corrected chi connectivity index (χ3v) is 27.6. The number of aliphatic carboxylic acids is 1. The number of nitrogens with one attached hydrogen (secondary N) is 1. The van der Waals surface area contributed by atoms with Crippen molar-refractivity contribution in [2.75, 3.05) is 77.1 Å². The van der Waals surface area contributed by atoms with Crippen molar-refractivity contribution in [3.63, 3.8) is 0 Å². The summed E-state index contributed by atoms with van der Waals surface area (Å²) in [4.78, 5) is 67.4. The number of aryl methyl sites for hydroxylation is 4. The third-order valence-electron chi connectivity index (χ3n) is 23.4. The molecule has 1 amide bonds. The van der Waals surface area contributed by atoms with Gasteiger partial charge in [-0.1, -0.05) is 98.9 Å². The van der Waals surface area contributed by atoms with Crippen LogP contribution in [0.2, 0.25) is 10.0 Å². The lowest BCUT2D eigenvalue weighted by atomic mass is 9.99. The molecule has 5 saturated heterocycles. The minimum Gasteiger partial charge on any atom is -0.481 e. The van der Waals surface area contributed by atoms with Gasteiger partial charge in [-0.3, -0.25) is 33.5 Å². The van der Waals surface area contributed by atoms with Gasteiger partial charge in [0.15, 0.2) is 16.7 Å². The zero-order chi connectivity index (χ0) is 95.3. The van der Waals surface area contributed by atoms with Crippen molar-refractivity contribution in [3.05, 3.63) is 286 Å². The molecule has 7 aromatic carbocycles. The van der Waals surface area contributed by atoms with Crippen LogP contribution in [0.25, 0.3) is 10.0 Å². The molecule has 30 nitrogen and oxygen atoms in total. The largest absolute Gasteiger partial charge is 0.481 e. The Morgan fingerprint density at radius 2 is 0.891 bits per heavy atom. The van der Waals surface area contributed by atoms with Gasteiger partial charge in [-0.05, 0) is 194 Å². The number of aliphatic imine (C=N–C) groups is 6. The number of benzene rings is 7. The minimum atomic E-state index is -0.926. The molecule has 0 unspecified atom stereocenters. The molecule has 16 heterocycles. The predicted molar refractivity (Wildman–Crippen MR) is 539 cm³/mol. The highest BCUT2D eigenvalue weighted by atomic mass is 79.9. The number of carbonyl (C=O) groups excluding carboxylic acids is 2. The highest BCUT2D eigenvalue weighted by Crippen LogP contribution is 2.43. The Morgan fingerprint density at radius 3 is 1.31 bits per heavy atom. The number of esters is 1. The summed E-state index contributed by atoms with van der Waals surface area (Å²) in [6.07, 6.45) is 0.222. The summed E-state index contributed by atoms with van der Waals surface area (Å²) in [5.74, 6) is 4.20. The van der Waals surface area contributed by atoms with Gasteiger partial charge in [0.25, 0.3) is 0 Å². The normalized spacial score (nSPS) is 18.8. The molecular weight excluding hydrogens is 1980 g/mol. The van der Waals surface area contributed by atoms with Crippen LogP contribution < -0.4 is 16.8 Å². The number of fused-ring (bicyclic) bond motifs is 11. The van der Waals surface area contributed by atoms with E-state index in [4.69, 9.17) is 109 Å². The maximum atomic E-state index is 13.5. The number of rotatable bonds is 13. The number of ether oxygens (including phenoxy) is 11. The summed E-state index contributed by atoms with van der Waals surface area (Å²) < 4.78 is 64.4. The highest BCUT2D eigenvalue weighted by Gasteiger charge is 2.37. The first-order chi connectivity index (χ1) is 65.4. The number of nitrogens with zero attached hydrogens (tertiary/aromatic N) is 12. The molecule has 0 bridgehead atoms. The van der Waals surface area contributed by atoms with Crippen molar-refractivity contribution < 1.29 is 71.6 Å². The molecule has 6 N–H and O–H groups in total. The van der Waals surface area contributed by atoms with Crippen molar-refractivity contribution in [2.45, 2.75) is 170 Å². The molecule has 0 saturated carbocycles. The van der Waals surface area contributed by atoms with Gasteiger partial charge in [0.1, 0.15) is 96.5 Å². The Hall–Kier alpha value is -11.2. The third kappa shape index (κ3) is 23.4. The number of thiophene rings is 2. The van der Waals surface area contributed by atoms with E-state index in [2.05, 4.69) is 111 Å². The monoisotopic (exact) mass is 2080 g/mol. The number of carbonyl (C=O) groups is 3. The van der Waals surface area contributed by atoms with E-state index in [9.17, 15) is 19.5 Å². The van der Waals surface area contributed by atoms with E-state index in [1.165, 1.54) is 20.9 Å². The first-order valence-electron chi connectivity index (χ1n) is 44.3. The lowest BCUT2D eigenvalue weighted by molar-refractivity contribution is -0.154. The average Bonchev–Trinajstić information content (AvgIpc) is 1.59. The Labute approximate surface area is 833 Å². The smallest absolute Gasteiger partial charge is 0.310 e. The molecule has 0 radical (unpaired) electrons. The maximum absolute atomic E-state index is 13.5. The predicted octanol–water partition coefficient (Wildman–Crippen LogP) is 17.7. The molecule has 12 aliphatic rings. The number of anilines is 2. The van der Waals surface area contributed by atoms with Crippen molar-refractivity contribution >= 4 is 159 Å². The Morgan fingerprint density at radius 1 is 0.511 bits per heavy atom. The molecule has 137 heavy (non-hydrogen) atoms. The van der Waals surface area contributed by atoms with Gasteiger partial charge in [-0.25, -0.2) is 20.0 Å². The lowest BCUT2D eigenvalue weighted by Gasteiger charge is -2.22. The van der Waals surface area contributed by atoms with E-state index in [0.29, 0.717) is 123 Å². The quantitative estimate of drug-likeness (QED) is 0.0473. The number of carboxylic acids is 1. The number of thiocarbonyl (C=S) groups is 1. The number of aromatic nitrogens is 6. The summed E-state index contributed by atoms with van der Waals surface area (Å²) in [5.41, 5.74) is 31.4. The Bertz CT molecular complexity index is 6530. The SMILES string of the molecule is Brc1ccc2c(c1)COC2=NC1COC1.C.CC(C)(C)OC(=O)Cc1ccc2c(c1)COC2=NC1COC1.Cc1sc2c(c1C)C(c1ccc(Cl)cc1)=N[C@@H](CC(=O)Nc1ccc3c(c1)COC3=NC1COC1)c1nnc(C)n1-2.Cc1sc2c(c1C)C(c1ccc(Cl)cc1)=N[C@@H](CC(=O)O)c1nnc(C)n1-2.NC1COC1.Nc1ccc2c(c1)COC2=NC1COC1.S=C1OCc2cc(Br)ccc21. The fourth-order valence-electron chi connectivity index (χ4n) is 15.8. The molecule has 2 atom stereocenters. The van der Waals surface area contributed by atoms with Gasteiger partial charge in [-0.2, -0.15) is 0 Å². The fourth-order valence-corrected chi connectivity index (χ4v) is 19.6. The van der Waals surface area contributed by atoms with Crippen molar-refractivity contribution in [1.82, 2.24) is 29.5 Å². The number of amides is 1. The van der Waals surface area contributed by atoms with Crippen LogP contribution >= 0.6 is 90.0 Å². The van der Waals surface area contributed by atoms with Gasteiger partial charge in [0.2, 0.25) is 29.5 Å². The number of halogens is 4. The van der Waals surface area contributed by atoms with E-state index in [0.717, 1.165) is 169 Å². The van der Waals surface area contributed by atoms with Gasteiger partial charge >= 0.3 is 11.9 Å². The van der Waals surface area contributed by atoms with Crippen molar-refractivity contribution in [2.24, 2.45) is 35.7 Å². The van der Waals surface area contributed by atoms with Gasteiger partial charge in [0.05, 0.1) is 103 Å². The fraction of sp³-hybridized carbons (Fsp3) is 0.360. The molecule has 23 rings (SSSR count). The summed E-state index contributed by atoms with van der Waals surface area (Å²) >= 11 is 27.4. The van der Waals surface area contributed by atoms with E-state index in [-0.39, 0.29) is 62.7 Å². The number of hydrogen-bond acceptors (Lipinski definition) is 29. The lowest BCUT2D eigenvalue weighted by Crippen LogP contribution is -2.41. The average molecular weight is 2080 g/mol. The molecule has 714 valence electrons. The second kappa shape index (κ2) is 43.5. The zero-order valence-electron chi connectivity index (χ0n) is 76.0. The van der Waals surface area contributed by atoms with Crippen LogP contribution in [-0.2, 0) is 106 Å². The zero-order valence-corrected chi connectivity index (χ0v) is 83.1. The van der Waals surface area contributed by atoms with Gasteiger partial charge in [0, 0.05) is 118 Å². The first-order valence-corrected chi connectivity index (χ1v) is 48.6. The summed E-state index contributed by atoms with van der Waals surface area (Å²) in [7, 11) is 0. The van der Waals surface area contributed by atoms with Crippen LogP contribution in [-0.4, -0.2) is 194 Å². The van der Waals surface area contributed by atoms with E-state index >= 15 is 0 Å². The van der Waals surface area contributed by atoms with Crippen LogP contribution in [0, 0.1) is 41.5 Å². The maximum Gasteiger partial charge on any atom is 0.310 e. The van der Waals surface area contributed by atoms with Crippen molar-refractivity contribution in [3.8, 4) is 10.0 Å². The minimum absolute atomic E-state index is 0. The molecule has 5 fully saturated rings. The molecule has 11 aromatic rings. The topological polar surface area (TPSA) is 373 Å². The molecule has 0 spiro atoms. The molecule has 12 aliphatic heterocycles. The Balaban J connectivity index is 0.000000124. The van der Waals surface area contributed by atoms with Crippen LogP contribution in [0.5, 0.6) is 0 Å². The number of carboxylic acid groups (broad SMARTS) is 1. The van der Waals surface area contributed by atoms with Crippen LogP contribution in [0.4, 0.5) is 11.4 Å². The number of hydrogen-bond donors (Lipinski definition) is 4. The second-order valence-corrected chi connectivity index (χ2v) is 40.3. The van der Waals surface area contributed by atoms with E-state index in [1.807, 2.05) is 177 Å². The van der Waals surface area contributed by atoms with E-state index < -0.39 is 23.7 Å². The van der Waals surface area contributed by atoms with Crippen LogP contribution in [0.1, 0.15) is 181 Å². The summed E-state index contributed by atoms with van der Waals surface area (Å²) in [5, 5.41) is 33.7. The van der Waals surface area contributed by atoms with Crippen LogP contribution in [0.3, 0.4) is 0 Å². The van der Waals surface area contributed by atoms with Crippen molar-refractivity contribution in [1.29, 1.82) is 0 Å². The molecule has 0 aliphatic carbocycles. The second-order valence-electron chi connectivity index (χ2n) is 34.8. The number of nitrogens with two attached hydrogens (primary N) is 2. The van der Waals surface area contributed by atoms with Crippen LogP contribution in [0.15, 0.2) is 178 Å². The molecule has 37 heteroatoms. The molecular formula is C100H103Br2Cl2N15O15S3. The highest BCUT2D eigenvalue weighted by molar-refractivity contribution is 9.10. The summed E-state index contributed by atoms with van der Waals surface area (Å²) in [6.45, 7) is 27.5. The summed E-state index contributed by atoms with van der Waals surface area (Å²) in [6, 6.07) is 44.8. The first kappa shape index (κ1) is 98.9. The van der Waals surface area contributed by atoms with Gasteiger partial charge < -0.3 is 74.0 Å². The van der Waals surface area contributed by atoms with E-state index in [1.54, 1.807) is 22.7 Å².